The third kappa shape index (κ3) is 5.17. The number of rotatable bonds is 8. The number of aromatic nitrogens is 3. The number of methoxy groups -OCH3 is 1. The molecule has 0 spiro atoms. The first kappa shape index (κ1) is 22.8. The molecule has 0 aliphatic heterocycles. The topological polar surface area (TPSA) is 69.0 Å². The Morgan fingerprint density at radius 1 is 1.12 bits per heavy atom. The highest BCUT2D eigenvalue weighted by atomic mass is 35.5. The minimum absolute atomic E-state index is 0.0177. The summed E-state index contributed by atoms with van der Waals surface area (Å²) < 4.78 is 7.40. The Morgan fingerprint density at radius 2 is 1.88 bits per heavy atom. The second kappa shape index (κ2) is 10.0. The van der Waals surface area contributed by atoms with Crippen molar-refractivity contribution in [3.63, 3.8) is 0 Å². The van der Waals surface area contributed by atoms with Gasteiger partial charge in [0.15, 0.2) is 5.65 Å². The van der Waals surface area contributed by atoms with Crippen LogP contribution in [0.15, 0.2) is 54.6 Å². The van der Waals surface area contributed by atoms with E-state index in [0.29, 0.717) is 24.5 Å². The van der Waals surface area contributed by atoms with E-state index in [2.05, 4.69) is 18.3 Å². The molecule has 0 bridgehead atoms. The van der Waals surface area contributed by atoms with Gasteiger partial charge in [-0.1, -0.05) is 35.9 Å². The number of carbonyl (C=O) groups is 1. The molecule has 1 amide bonds. The molecule has 1 N–H and O–H groups in total. The zero-order valence-corrected chi connectivity index (χ0v) is 19.8. The summed E-state index contributed by atoms with van der Waals surface area (Å²) in [4.78, 5) is 17.2. The predicted octanol–water partition coefficient (Wildman–Crippen LogP) is 5.13. The number of hydrogen-bond acceptors (Lipinski definition) is 4. The summed E-state index contributed by atoms with van der Waals surface area (Å²) in [6.45, 7) is 5.04. The first-order valence-corrected chi connectivity index (χ1v) is 11.3. The molecule has 6 nitrogen and oxygen atoms in total. The van der Waals surface area contributed by atoms with Crippen molar-refractivity contribution in [2.24, 2.45) is 0 Å². The number of amides is 1. The van der Waals surface area contributed by atoms with Crippen molar-refractivity contribution in [3.05, 3.63) is 76.4 Å². The van der Waals surface area contributed by atoms with E-state index < -0.39 is 0 Å². The highest BCUT2D eigenvalue weighted by molar-refractivity contribution is 6.30. The molecule has 0 saturated carbocycles. The summed E-state index contributed by atoms with van der Waals surface area (Å²) in [6.07, 6.45) is 1.07. The van der Waals surface area contributed by atoms with Gasteiger partial charge >= 0.3 is 0 Å². The molecule has 2 aromatic heterocycles. The summed E-state index contributed by atoms with van der Waals surface area (Å²) in [5.74, 6) is 0.736. The van der Waals surface area contributed by atoms with Gasteiger partial charge in [-0.05, 0) is 61.7 Å². The Bertz CT molecular complexity index is 1280. The highest BCUT2D eigenvalue weighted by Gasteiger charge is 2.19. The molecular weight excluding hydrogens is 436 g/mol. The summed E-state index contributed by atoms with van der Waals surface area (Å²) in [6, 6.07) is 17.5. The van der Waals surface area contributed by atoms with Crippen LogP contribution in [0.25, 0.3) is 22.3 Å². The van der Waals surface area contributed by atoms with Gasteiger partial charge in [-0.2, -0.15) is 5.10 Å². The second-order valence-electron chi connectivity index (χ2n) is 8.03. The molecule has 2 aromatic carbocycles. The van der Waals surface area contributed by atoms with Crippen molar-refractivity contribution in [1.82, 2.24) is 20.1 Å². The standard InChI is InChI=1S/C26H27ClN4O2/c1-17-16-18(2)29-26-24(17)25(21-6-4-5-7-22(21)33-3)30-31(26)15-13-23(32)28-14-12-19-8-10-20(27)11-9-19/h4-11,16H,12-15H2,1-3H3,(H,28,32). The quantitative estimate of drug-likeness (QED) is 0.394. The number of hydrogen-bond donors (Lipinski definition) is 1. The highest BCUT2D eigenvalue weighted by Crippen LogP contribution is 2.35. The molecule has 0 radical (unpaired) electrons. The van der Waals surface area contributed by atoms with Crippen molar-refractivity contribution in [2.75, 3.05) is 13.7 Å². The van der Waals surface area contributed by atoms with E-state index in [1.165, 1.54) is 0 Å². The van der Waals surface area contributed by atoms with Gasteiger partial charge in [-0.25, -0.2) is 9.67 Å². The Morgan fingerprint density at radius 3 is 2.64 bits per heavy atom. The predicted molar refractivity (Wildman–Crippen MR) is 132 cm³/mol. The van der Waals surface area contributed by atoms with Crippen LogP contribution in [0.4, 0.5) is 0 Å². The molecule has 33 heavy (non-hydrogen) atoms. The number of benzene rings is 2. The number of fused-ring (bicyclic) bond motifs is 1. The van der Waals surface area contributed by atoms with Crippen LogP contribution in [0.5, 0.6) is 5.75 Å². The van der Waals surface area contributed by atoms with Gasteiger partial charge in [0.1, 0.15) is 11.4 Å². The molecule has 7 heteroatoms. The third-order valence-electron chi connectivity index (χ3n) is 5.59. The maximum Gasteiger partial charge on any atom is 0.221 e. The Labute approximate surface area is 198 Å². The molecule has 4 aromatic rings. The minimum Gasteiger partial charge on any atom is -0.496 e. The van der Waals surface area contributed by atoms with Crippen LogP contribution in [0.1, 0.15) is 23.2 Å². The van der Waals surface area contributed by atoms with E-state index in [0.717, 1.165) is 51.3 Å². The molecule has 0 saturated heterocycles. The number of para-hydroxylation sites is 1. The van der Waals surface area contributed by atoms with Crippen LogP contribution in [-0.4, -0.2) is 34.3 Å². The van der Waals surface area contributed by atoms with Crippen LogP contribution in [-0.2, 0) is 17.8 Å². The Hall–Kier alpha value is -3.38. The maximum absolute atomic E-state index is 12.5. The zero-order chi connectivity index (χ0) is 23.4. The fourth-order valence-corrected chi connectivity index (χ4v) is 4.12. The first-order valence-electron chi connectivity index (χ1n) is 11.0. The van der Waals surface area contributed by atoms with E-state index in [4.69, 9.17) is 26.4 Å². The first-order chi connectivity index (χ1) is 16.0. The van der Waals surface area contributed by atoms with Crippen LogP contribution < -0.4 is 10.1 Å². The van der Waals surface area contributed by atoms with Crippen LogP contribution in [0.2, 0.25) is 5.02 Å². The monoisotopic (exact) mass is 462 g/mol. The minimum atomic E-state index is -0.0177. The van der Waals surface area contributed by atoms with Gasteiger partial charge < -0.3 is 10.1 Å². The molecule has 0 unspecified atom stereocenters. The van der Waals surface area contributed by atoms with Crippen LogP contribution in [0.3, 0.4) is 0 Å². The van der Waals surface area contributed by atoms with Crippen molar-refractivity contribution < 1.29 is 9.53 Å². The SMILES string of the molecule is COc1ccccc1-c1nn(CCC(=O)NCCc2ccc(Cl)cc2)c2nc(C)cc(C)c12. The van der Waals surface area contributed by atoms with Crippen molar-refractivity contribution in [2.45, 2.75) is 33.2 Å². The largest absolute Gasteiger partial charge is 0.496 e. The lowest BCUT2D eigenvalue weighted by molar-refractivity contribution is -0.121. The summed E-state index contributed by atoms with van der Waals surface area (Å²) in [5.41, 5.74) is 5.65. The Kier molecular flexibility index (Phi) is 6.94. The third-order valence-corrected chi connectivity index (χ3v) is 5.84. The fraction of sp³-hybridized carbons (Fsp3) is 0.269. The molecule has 170 valence electrons. The van der Waals surface area contributed by atoms with Crippen molar-refractivity contribution in [1.29, 1.82) is 0 Å². The van der Waals surface area contributed by atoms with Crippen LogP contribution in [0, 0.1) is 13.8 Å². The smallest absolute Gasteiger partial charge is 0.221 e. The summed E-state index contributed by atoms with van der Waals surface area (Å²) in [7, 11) is 1.65. The number of pyridine rings is 1. The van der Waals surface area contributed by atoms with Crippen LogP contribution >= 0.6 is 11.6 Å². The van der Waals surface area contributed by atoms with Gasteiger partial charge in [0.25, 0.3) is 0 Å². The van der Waals surface area contributed by atoms with Crippen molar-refractivity contribution >= 4 is 28.5 Å². The average molecular weight is 463 g/mol. The van der Waals surface area contributed by atoms with E-state index in [-0.39, 0.29) is 5.91 Å². The lowest BCUT2D eigenvalue weighted by Gasteiger charge is -2.07. The lowest BCUT2D eigenvalue weighted by atomic mass is 10.0. The van der Waals surface area contributed by atoms with Gasteiger partial charge in [0, 0.05) is 29.2 Å². The fourth-order valence-electron chi connectivity index (χ4n) is 3.99. The second-order valence-corrected chi connectivity index (χ2v) is 8.46. The molecular formula is C26H27ClN4O2. The molecule has 0 aliphatic rings. The molecule has 4 rings (SSSR count). The number of nitrogens with zero attached hydrogens (tertiary/aromatic N) is 3. The number of carbonyl (C=O) groups excluding carboxylic acids is 1. The van der Waals surface area contributed by atoms with Gasteiger partial charge in [-0.15, -0.1) is 0 Å². The molecule has 0 aliphatic carbocycles. The molecule has 2 heterocycles. The van der Waals surface area contributed by atoms with Gasteiger partial charge in [-0.3, -0.25) is 4.79 Å². The van der Waals surface area contributed by atoms with Crippen molar-refractivity contribution in [3.8, 4) is 17.0 Å². The van der Waals surface area contributed by atoms with E-state index in [9.17, 15) is 4.79 Å². The van der Waals surface area contributed by atoms with E-state index in [1.54, 1.807) is 7.11 Å². The van der Waals surface area contributed by atoms with E-state index in [1.807, 2.05) is 60.1 Å². The lowest BCUT2D eigenvalue weighted by Crippen LogP contribution is -2.26. The number of nitrogens with one attached hydrogen (secondary N) is 1. The normalized spacial score (nSPS) is 11.0. The number of halogens is 1. The number of aryl methyl sites for hydroxylation is 3. The number of ether oxygens (including phenoxy) is 1. The van der Waals surface area contributed by atoms with Gasteiger partial charge in [0.2, 0.25) is 5.91 Å². The molecule has 0 atom stereocenters. The average Bonchev–Trinajstić information content (AvgIpc) is 3.17. The maximum atomic E-state index is 12.5. The zero-order valence-electron chi connectivity index (χ0n) is 19.1. The molecule has 0 fully saturated rings. The van der Waals surface area contributed by atoms with Gasteiger partial charge in [0.05, 0.1) is 19.0 Å². The Balaban J connectivity index is 1.51. The van der Waals surface area contributed by atoms with E-state index >= 15 is 0 Å². The summed E-state index contributed by atoms with van der Waals surface area (Å²) in [5, 5.41) is 9.54. The summed E-state index contributed by atoms with van der Waals surface area (Å²) >= 11 is 5.92.